The number of hydrogen-bond acceptors (Lipinski definition) is 7. The van der Waals surface area contributed by atoms with Gasteiger partial charge in [0.25, 0.3) is 0 Å². The molecule has 4 atom stereocenters. The summed E-state index contributed by atoms with van der Waals surface area (Å²) in [5.41, 5.74) is 0. The van der Waals surface area contributed by atoms with Gasteiger partial charge >= 0.3 is 8.25 Å². The van der Waals surface area contributed by atoms with E-state index in [0.29, 0.717) is 32.8 Å². The quantitative estimate of drug-likeness (QED) is 0.473. The molecule has 1 N–H and O–H groups in total. The summed E-state index contributed by atoms with van der Waals surface area (Å²) < 4.78 is 37.7. The van der Waals surface area contributed by atoms with Gasteiger partial charge < -0.3 is 19.3 Å². The molecule has 0 saturated carbocycles. The highest BCUT2D eigenvalue weighted by molar-refractivity contribution is 7.33. The van der Waals surface area contributed by atoms with Crippen molar-refractivity contribution in [3.8, 4) is 0 Å². The molecule has 0 aromatic carbocycles. The lowest BCUT2D eigenvalue weighted by atomic mass is 10.1. The standard InChI is InChI=1S/C11H22O7P/c1-3-15-7-9-11(18-19(13)14-2)10(8-17-9)16-6-4-5-12/h9-12H,3-8H2,1-2H3/q+1. The molecule has 7 nitrogen and oxygen atoms in total. The van der Waals surface area contributed by atoms with Crippen LogP contribution in [0.3, 0.4) is 0 Å². The topological polar surface area (TPSA) is 83.5 Å². The summed E-state index contributed by atoms with van der Waals surface area (Å²) in [7, 11) is -0.878. The summed E-state index contributed by atoms with van der Waals surface area (Å²) in [6, 6.07) is 0. The molecule has 19 heavy (non-hydrogen) atoms. The molecule has 0 radical (unpaired) electrons. The van der Waals surface area contributed by atoms with E-state index in [2.05, 4.69) is 4.52 Å². The molecule has 0 bridgehead atoms. The van der Waals surface area contributed by atoms with E-state index in [1.807, 2.05) is 6.92 Å². The highest BCUT2D eigenvalue weighted by atomic mass is 31.1. The van der Waals surface area contributed by atoms with Gasteiger partial charge in [-0.25, -0.2) is 0 Å². The number of ether oxygens (including phenoxy) is 3. The fourth-order valence-electron chi connectivity index (χ4n) is 1.74. The van der Waals surface area contributed by atoms with Crippen LogP contribution in [0.25, 0.3) is 0 Å². The Kier molecular flexibility index (Phi) is 8.65. The molecule has 1 rings (SSSR count). The Morgan fingerprint density at radius 2 is 2.26 bits per heavy atom. The van der Waals surface area contributed by atoms with Crippen LogP contribution in [0, 0.1) is 0 Å². The highest BCUT2D eigenvalue weighted by Crippen LogP contribution is 2.32. The molecule has 0 spiro atoms. The number of aliphatic hydroxyl groups is 1. The first-order valence-electron chi connectivity index (χ1n) is 6.32. The largest absolute Gasteiger partial charge is 0.697 e. The minimum absolute atomic E-state index is 0.0633. The molecular formula is C11H22O7P+. The maximum atomic E-state index is 11.4. The van der Waals surface area contributed by atoms with E-state index in [1.54, 1.807) is 0 Å². The Bertz CT molecular complexity index is 263. The first-order valence-corrected chi connectivity index (χ1v) is 7.42. The van der Waals surface area contributed by atoms with Gasteiger partial charge in [-0.15, -0.1) is 9.05 Å². The van der Waals surface area contributed by atoms with Gasteiger partial charge in [0.05, 0.1) is 20.3 Å². The molecule has 1 aliphatic rings. The number of rotatable bonds is 10. The van der Waals surface area contributed by atoms with Crippen molar-refractivity contribution in [1.82, 2.24) is 0 Å². The third kappa shape index (κ3) is 5.79. The third-order valence-corrected chi connectivity index (χ3v) is 3.40. The van der Waals surface area contributed by atoms with Crippen LogP contribution in [0.2, 0.25) is 0 Å². The Balaban J connectivity index is 2.50. The van der Waals surface area contributed by atoms with Crippen molar-refractivity contribution in [3.63, 3.8) is 0 Å². The Hall–Kier alpha value is -0.140. The summed E-state index contributed by atoms with van der Waals surface area (Å²) in [5.74, 6) is 0. The molecular weight excluding hydrogens is 275 g/mol. The molecule has 1 saturated heterocycles. The first kappa shape index (κ1) is 16.9. The maximum absolute atomic E-state index is 11.4. The van der Waals surface area contributed by atoms with Gasteiger partial charge in [-0.05, 0) is 13.3 Å². The fraction of sp³-hybridized carbons (Fsp3) is 1.00. The molecule has 1 fully saturated rings. The number of hydrogen-bond donors (Lipinski definition) is 1. The van der Waals surface area contributed by atoms with Crippen molar-refractivity contribution in [2.75, 3.05) is 40.1 Å². The highest BCUT2D eigenvalue weighted by Gasteiger charge is 2.45. The second-order valence-electron chi connectivity index (χ2n) is 3.99. The van der Waals surface area contributed by atoms with Crippen LogP contribution in [-0.4, -0.2) is 63.6 Å². The second-order valence-corrected chi connectivity index (χ2v) is 5.02. The predicted molar refractivity (Wildman–Crippen MR) is 67.2 cm³/mol. The van der Waals surface area contributed by atoms with E-state index in [4.69, 9.17) is 23.8 Å². The summed E-state index contributed by atoms with van der Waals surface area (Å²) >= 11 is 0. The molecule has 4 unspecified atom stereocenters. The summed E-state index contributed by atoms with van der Waals surface area (Å²) in [6.45, 7) is 3.62. The van der Waals surface area contributed by atoms with Crippen LogP contribution in [0.4, 0.5) is 0 Å². The van der Waals surface area contributed by atoms with E-state index >= 15 is 0 Å². The lowest BCUT2D eigenvalue weighted by Gasteiger charge is -2.17. The molecule has 0 amide bonds. The van der Waals surface area contributed by atoms with E-state index < -0.39 is 14.4 Å². The zero-order chi connectivity index (χ0) is 14.1. The van der Waals surface area contributed by atoms with Gasteiger partial charge in [0.2, 0.25) is 0 Å². The van der Waals surface area contributed by atoms with Crippen molar-refractivity contribution in [3.05, 3.63) is 0 Å². The minimum Gasteiger partial charge on any atom is -0.396 e. The maximum Gasteiger partial charge on any atom is 0.697 e. The molecule has 1 aliphatic heterocycles. The molecule has 8 heteroatoms. The van der Waals surface area contributed by atoms with Gasteiger partial charge in [0, 0.05) is 24.4 Å². The van der Waals surface area contributed by atoms with Gasteiger partial charge in [-0.2, -0.15) is 0 Å². The molecule has 0 aromatic heterocycles. The Labute approximate surface area is 114 Å². The van der Waals surface area contributed by atoms with Crippen LogP contribution < -0.4 is 0 Å². The zero-order valence-corrected chi connectivity index (χ0v) is 12.2. The SMILES string of the molecule is CCOCC1OCC(OCCCO)C1O[P+](=O)OC. The first-order chi connectivity index (χ1) is 9.22. The summed E-state index contributed by atoms with van der Waals surface area (Å²) in [4.78, 5) is 0. The number of aliphatic hydroxyl groups excluding tert-OH is 1. The van der Waals surface area contributed by atoms with Crippen molar-refractivity contribution in [1.29, 1.82) is 0 Å². The van der Waals surface area contributed by atoms with Crippen LogP contribution in [0.15, 0.2) is 0 Å². The van der Waals surface area contributed by atoms with Crippen molar-refractivity contribution >= 4 is 8.25 Å². The lowest BCUT2D eigenvalue weighted by Crippen LogP contribution is -2.36. The monoisotopic (exact) mass is 297 g/mol. The minimum atomic E-state index is -2.19. The van der Waals surface area contributed by atoms with E-state index in [0.717, 1.165) is 0 Å². The fourth-order valence-corrected chi connectivity index (χ4v) is 2.30. The lowest BCUT2D eigenvalue weighted by molar-refractivity contribution is -0.0307. The van der Waals surface area contributed by atoms with Crippen LogP contribution in [0.5, 0.6) is 0 Å². The van der Waals surface area contributed by atoms with Crippen molar-refractivity contribution < 1.29 is 32.9 Å². The third-order valence-electron chi connectivity index (χ3n) is 2.68. The summed E-state index contributed by atoms with van der Waals surface area (Å²) in [6.07, 6.45) is -0.608. The van der Waals surface area contributed by atoms with E-state index in [1.165, 1.54) is 7.11 Å². The molecule has 112 valence electrons. The molecule has 0 aromatic rings. The van der Waals surface area contributed by atoms with E-state index in [9.17, 15) is 4.57 Å². The van der Waals surface area contributed by atoms with Gasteiger partial charge in [0.15, 0.2) is 6.10 Å². The van der Waals surface area contributed by atoms with Gasteiger partial charge in [0.1, 0.15) is 12.2 Å². The Morgan fingerprint density at radius 3 is 2.89 bits per heavy atom. The zero-order valence-electron chi connectivity index (χ0n) is 11.3. The van der Waals surface area contributed by atoms with Gasteiger partial charge in [-0.3, -0.25) is 0 Å². The molecule has 1 heterocycles. The van der Waals surface area contributed by atoms with E-state index in [-0.39, 0.29) is 18.8 Å². The predicted octanol–water partition coefficient (Wildman–Crippen LogP) is 0.878. The normalized spacial score (nSPS) is 27.7. The van der Waals surface area contributed by atoms with Crippen LogP contribution in [-0.2, 0) is 27.8 Å². The smallest absolute Gasteiger partial charge is 0.396 e. The van der Waals surface area contributed by atoms with Gasteiger partial charge in [-0.1, -0.05) is 0 Å². The Morgan fingerprint density at radius 1 is 1.47 bits per heavy atom. The molecule has 0 aliphatic carbocycles. The van der Waals surface area contributed by atoms with Crippen molar-refractivity contribution in [2.24, 2.45) is 0 Å². The summed E-state index contributed by atoms with van der Waals surface area (Å²) in [5, 5.41) is 8.73. The average molecular weight is 297 g/mol. The second kappa shape index (κ2) is 9.72. The van der Waals surface area contributed by atoms with Crippen molar-refractivity contribution in [2.45, 2.75) is 31.7 Å². The van der Waals surface area contributed by atoms with Crippen LogP contribution in [0.1, 0.15) is 13.3 Å². The average Bonchev–Trinajstić information content (AvgIpc) is 2.79. The van der Waals surface area contributed by atoms with Crippen LogP contribution >= 0.6 is 8.25 Å².